The molecule has 0 fully saturated rings. The second-order valence-electron chi connectivity index (χ2n) is 4.78. The van der Waals surface area contributed by atoms with Crippen LogP contribution in [0.4, 0.5) is 0 Å². The van der Waals surface area contributed by atoms with Crippen LogP contribution in [0.3, 0.4) is 0 Å². The van der Waals surface area contributed by atoms with Crippen molar-refractivity contribution in [1.29, 1.82) is 0 Å². The van der Waals surface area contributed by atoms with E-state index in [0.29, 0.717) is 0 Å². The third-order valence-corrected chi connectivity index (χ3v) is 3.69. The van der Waals surface area contributed by atoms with Crippen molar-refractivity contribution < 1.29 is 56.8 Å². The van der Waals surface area contributed by atoms with Crippen molar-refractivity contribution >= 4 is 21.8 Å². The Morgan fingerprint density at radius 3 is 1.54 bits per heavy atom. The average Bonchev–Trinajstić information content (AvgIpc) is 2.55. The quantitative estimate of drug-likeness (QED) is 0.212. The van der Waals surface area contributed by atoms with Crippen LogP contribution < -0.4 is 4.57 Å². The van der Waals surface area contributed by atoms with Crippen LogP contribution in [-0.2, 0) is 65.0 Å². The van der Waals surface area contributed by atoms with Crippen LogP contribution in [-0.4, -0.2) is 0 Å². The summed E-state index contributed by atoms with van der Waals surface area (Å²) in [4.78, 5) is 0. The first-order chi connectivity index (χ1) is 10.3. The summed E-state index contributed by atoms with van der Waals surface area (Å²) in [7, 11) is 4.26. The fourth-order valence-corrected chi connectivity index (χ4v) is 2.80. The van der Waals surface area contributed by atoms with Gasteiger partial charge in [-0.1, -0.05) is 67.4 Å². The van der Waals surface area contributed by atoms with Gasteiger partial charge < -0.3 is 25.8 Å². The molecule has 0 bridgehead atoms. The Balaban J connectivity index is 0. The van der Waals surface area contributed by atoms with Crippen LogP contribution in [0.1, 0.15) is 25.0 Å². The molecule has 0 unspecified atom stereocenters. The monoisotopic (exact) mass is 484 g/mol. The Labute approximate surface area is 185 Å². The number of nitrogens with zero attached hydrogens (tertiary/aromatic N) is 1. The van der Waals surface area contributed by atoms with Gasteiger partial charge in [0.1, 0.15) is 11.0 Å². The predicted octanol–water partition coefficient (Wildman–Crippen LogP) is 4.88. The van der Waals surface area contributed by atoms with Crippen molar-refractivity contribution in [2.24, 2.45) is 0 Å². The fraction of sp³-hybridized carbons (Fsp3) is 0.190. The summed E-state index contributed by atoms with van der Waals surface area (Å²) in [6.45, 7) is 12.0. The Kier molecular flexibility index (Phi) is 13.1. The van der Waals surface area contributed by atoms with Crippen molar-refractivity contribution in [3.05, 3.63) is 81.9 Å². The summed E-state index contributed by atoms with van der Waals surface area (Å²) < 4.78 is 2.05. The van der Waals surface area contributed by atoms with Gasteiger partial charge >= 0.3 is 19.5 Å². The minimum atomic E-state index is 0. The van der Waals surface area contributed by atoms with E-state index in [1.165, 1.54) is 32.9 Å². The Morgan fingerprint density at radius 1 is 0.833 bits per heavy atom. The Bertz CT molecular complexity index is 706. The van der Waals surface area contributed by atoms with Gasteiger partial charge in [-0.2, -0.15) is 12.8 Å². The number of pyridine rings is 1. The number of hydrogen-bond donors (Lipinski definition) is 0. The first-order valence-corrected chi connectivity index (χ1v) is 7.54. The molecule has 3 aromatic rings. The van der Waals surface area contributed by atoms with Gasteiger partial charge in [-0.15, -0.1) is 0 Å². The van der Waals surface area contributed by atoms with E-state index in [9.17, 15) is 0 Å². The third-order valence-electron chi connectivity index (χ3n) is 3.69. The van der Waals surface area contributed by atoms with Gasteiger partial charge in [-0.25, -0.2) is 0 Å². The number of aromatic nitrogens is 1. The van der Waals surface area contributed by atoms with Gasteiger partial charge in [-0.05, 0) is 10.8 Å². The SMILES string of the molecule is CC.[CH2-]Cc1cccc2cc3cccc(C[CH2-])c3[n+]([CH2-])c12.[CH3-].[RuH].[Y]. The number of rotatable bonds is 2. The van der Waals surface area contributed by atoms with Crippen LogP contribution in [0.25, 0.3) is 21.8 Å². The van der Waals surface area contributed by atoms with Crippen LogP contribution in [0.15, 0.2) is 42.5 Å². The zero-order valence-corrected chi connectivity index (χ0v) is 19.7. The molecule has 1 aromatic heterocycles. The largest absolute Gasteiger partial charge is 0 e. The van der Waals surface area contributed by atoms with Gasteiger partial charge in [0, 0.05) is 39.8 Å². The molecule has 1 nitrogen and oxygen atoms in total. The van der Waals surface area contributed by atoms with Crippen LogP contribution >= 0.6 is 0 Å². The molecule has 0 amide bonds. The standard InChI is InChI=1S/C18H17N.C2H6.CH3.Ru.Y.H/c1-4-13-8-6-10-15-12-16-11-7-9-14(5-2)18(16)19(3)17(13)15;1-2;;;;/h6-12H,1-5H2;1-2H3;1H3;;;/q-2;;-1;;;. The molecular weight excluding hydrogens is 456 g/mol. The fourth-order valence-electron chi connectivity index (χ4n) is 2.80. The smallest absolute Gasteiger partial charge is 0 e. The second-order valence-corrected chi connectivity index (χ2v) is 4.78. The van der Waals surface area contributed by atoms with E-state index in [1.807, 2.05) is 18.4 Å². The van der Waals surface area contributed by atoms with Gasteiger partial charge in [0.2, 0.25) is 0 Å². The van der Waals surface area contributed by atoms with Crippen molar-refractivity contribution in [3.63, 3.8) is 0 Å². The second kappa shape index (κ2) is 12.1. The molecule has 0 aliphatic heterocycles. The Hall–Kier alpha value is -0.293. The normalized spacial score (nSPS) is 9.17. The van der Waals surface area contributed by atoms with Gasteiger partial charge in [0.05, 0.1) is 0 Å². The van der Waals surface area contributed by atoms with E-state index in [0.717, 1.165) is 12.8 Å². The summed E-state index contributed by atoms with van der Waals surface area (Å²) in [5.74, 6) is 0. The summed E-state index contributed by atoms with van der Waals surface area (Å²) in [5, 5.41) is 2.43. The topological polar surface area (TPSA) is 3.88 Å². The maximum absolute atomic E-state index is 4.26. The maximum atomic E-state index is 4.26. The molecule has 0 atom stereocenters. The van der Waals surface area contributed by atoms with E-state index in [4.69, 9.17) is 0 Å². The minimum absolute atomic E-state index is 0. The summed E-state index contributed by atoms with van der Waals surface area (Å²) in [6.07, 6.45) is 1.54. The molecular formula is C21H27NRuY-3. The average molecular weight is 483 g/mol. The first kappa shape index (κ1) is 25.9. The van der Waals surface area contributed by atoms with Crippen LogP contribution in [0.2, 0.25) is 0 Å². The van der Waals surface area contributed by atoms with Crippen molar-refractivity contribution in [3.8, 4) is 0 Å². The molecule has 3 heteroatoms. The van der Waals surface area contributed by atoms with Gasteiger partial charge in [0.25, 0.3) is 0 Å². The van der Waals surface area contributed by atoms with E-state index < -0.39 is 0 Å². The van der Waals surface area contributed by atoms with Crippen molar-refractivity contribution in [2.75, 3.05) is 0 Å². The zero-order valence-electron chi connectivity index (χ0n) is 15.0. The molecule has 0 N–H and O–H groups in total. The summed E-state index contributed by atoms with van der Waals surface area (Å²) in [6, 6.07) is 14.9. The van der Waals surface area contributed by atoms with E-state index in [2.05, 4.69) is 63.4 Å². The number of benzene rings is 2. The van der Waals surface area contributed by atoms with Crippen molar-refractivity contribution in [1.82, 2.24) is 0 Å². The molecule has 0 spiro atoms. The van der Waals surface area contributed by atoms with E-state index >= 15 is 0 Å². The molecule has 0 saturated heterocycles. The molecule has 0 aliphatic rings. The number of para-hydroxylation sites is 2. The van der Waals surface area contributed by atoms with E-state index in [-0.39, 0.29) is 59.6 Å². The van der Waals surface area contributed by atoms with Crippen LogP contribution in [0, 0.1) is 28.3 Å². The van der Waals surface area contributed by atoms with Gasteiger partial charge in [0.15, 0.2) is 0 Å². The maximum Gasteiger partial charge on any atom is 0 e. The van der Waals surface area contributed by atoms with Gasteiger partial charge in [-0.3, -0.25) is 0 Å². The first-order valence-electron chi connectivity index (χ1n) is 7.54. The number of hydrogen-bond acceptors (Lipinski definition) is 0. The molecule has 0 saturated carbocycles. The third kappa shape index (κ3) is 4.87. The molecule has 0 aliphatic carbocycles. The molecule has 1 radical (unpaired) electrons. The molecule has 130 valence electrons. The van der Waals surface area contributed by atoms with Crippen molar-refractivity contribution in [2.45, 2.75) is 26.7 Å². The summed E-state index contributed by atoms with van der Waals surface area (Å²) >= 11 is 0. The zero-order chi connectivity index (χ0) is 15.4. The molecule has 3 rings (SSSR count). The van der Waals surface area contributed by atoms with E-state index in [1.54, 1.807) is 0 Å². The number of fused-ring (bicyclic) bond motifs is 2. The predicted molar refractivity (Wildman–Crippen MR) is 99.7 cm³/mol. The molecule has 2 aromatic carbocycles. The minimum Gasteiger partial charge on any atom is 0 e. The summed E-state index contributed by atoms with van der Waals surface area (Å²) in [5.41, 5.74) is 4.80. The molecule has 1 heterocycles. The molecule has 24 heavy (non-hydrogen) atoms. The van der Waals surface area contributed by atoms with Crippen LogP contribution in [0.5, 0.6) is 0 Å². The Morgan fingerprint density at radius 2 is 1.21 bits per heavy atom.